The van der Waals surface area contributed by atoms with Crippen LogP contribution in [0.1, 0.15) is 0 Å². The van der Waals surface area contributed by atoms with Crippen LogP contribution in [-0.4, -0.2) is 4.57 Å². The highest BCUT2D eigenvalue weighted by Crippen LogP contribution is 2.44. The predicted molar refractivity (Wildman–Crippen MR) is 262 cm³/mol. The normalized spacial score (nSPS) is 11.6. The first-order valence-corrected chi connectivity index (χ1v) is 21.6. The average molecular weight is 795 g/mol. The van der Waals surface area contributed by atoms with E-state index in [0.29, 0.717) is 0 Å². The van der Waals surface area contributed by atoms with E-state index in [0.717, 1.165) is 17.1 Å². The maximum atomic E-state index is 2.41. The van der Waals surface area contributed by atoms with E-state index >= 15 is 0 Å². The lowest BCUT2D eigenvalue weighted by atomic mass is 9.96. The summed E-state index contributed by atoms with van der Waals surface area (Å²) in [5.41, 5.74) is 14.1. The van der Waals surface area contributed by atoms with Crippen LogP contribution in [0.15, 0.2) is 231 Å². The summed E-state index contributed by atoms with van der Waals surface area (Å²) in [5, 5.41) is 7.62. The molecule has 286 valence electrons. The van der Waals surface area contributed by atoms with Gasteiger partial charge in [0.1, 0.15) is 0 Å². The molecule has 12 aromatic rings. The number of hydrogen-bond acceptors (Lipinski definition) is 2. The number of thiophene rings is 1. The van der Waals surface area contributed by atoms with E-state index in [1.807, 2.05) is 11.3 Å². The first kappa shape index (κ1) is 35.2. The van der Waals surface area contributed by atoms with E-state index in [-0.39, 0.29) is 0 Å². The molecule has 0 saturated carbocycles. The van der Waals surface area contributed by atoms with Gasteiger partial charge in [0.15, 0.2) is 0 Å². The molecule has 0 spiro atoms. The van der Waals surface area contributed by atoms with Crippen LogP contribution in [0.4, 0.5) is 17.1 Å². The molecule has 0 unspecified atom stereocenters. The van der Waals surface area contributed by atoms with Gasteiger partial charge in [-0.05, 0) is 111 Å². The van der Waals surface area contributed by atoms with Crippen molar-refractivity contribution in [2.45, 2.75) is 0 Å². The number of hydrogen-bond donors (Lipinski definition) is 0. The fourth-order valence-electron chi connectivity index (χ4n) is 9.30. The molecule has 0 aliphatic heterocycles. The highest BCUT2D eigenvalue weighted by molar-refractivity contribution is 7.25. The van der Waals surface area contributed by atoms with Crippen LogP contribution < -0.4 is 4.90 Å². The van der Waals surface area contributed by atoms with E-state index in [1.54, 1.807) is 0 Å². The molecule has 12 rings (SSSR count). The Bertz CT molecular complexity index is 3570. The third-order valence-corrected chi connectivity index (χ3v) is 13.3. The summed E-state index contributed by atoms with van der Waals surface area (Å²) in [6.07, 6.45) is 0. The van der Waals surface area contributed by atoms with Gasteiger partial charge in [0.2, 0.25) is 0 Å². The summed E-state index contributed by atoms with van der Waals surface area (Å²) in [6, 6.07) is 84.2. The summed E-state index contributed by atoms with van der Waals surface area (Å²) in [6.45, 7) is 0. The van der Waals surface area contributed by atoms with E-state index in [9.17, 15) is 0 Å². The topological polar surface area (TPSA) is 8.17 Å². The Balaban J connectivity index is 0.970. The Hall–Kier alpha value is -7.72. The number of rotatable bonds is 7. The highest BCUT2D eigenvalue weighted by atomic mass is 32.1. The second-order valence-corrected chi connectivity index (χ2v) is 16.8. The molecule has 2 heterocycles. The molecule has 0 radical (unpaired) electrons. The fraction of sp³-hybridized carbons (Fsp3) is 0. The fourth-order valence-corrected chi connectivity index (χ4v) is 10.4. The van der Waals surface area contributed by atoms with Gasteiger partial charge in [-0.25, -0.2) is 0 Å². The Labute approximate surface area is 358 Å². The monoisotopic (exact) mass is 794 g/mol. The van der Waals surface area contributed by atoms with Crippen LogP contribution in [-0.2, 0) is 0 Å². The van der Waals surface area contributed by atoms with Crippen LogP contribution >= 0.6 is 11.3 Å². The zero-order valence-electron chi connectivity index (χ0n) is 33.2. The van der Waals surface area contributed by atoms with Crippen molar-refractivity contribution in [3.05, 3.63) is 231 Å². The van der Waals surface area contributed by atoms with Crippen molar-refractivity contribution < 1.29 is 0 Å². The molecule has 2 aromatic heterocycles. The van der Waals surface area contributed by atoms with Crippen molar-refractivity contribution in [2.75, 3.05) is 4.90 Å². The molecule has 61 heavy (non-hydrogen) atoms. The minimum absolute atomic E-state index is 1.10. The molecular formula is C58H38N2S. The van der Waals surface area contributed by atoms with Gasteiger partial charge in [-0.3, -0.25) is 0 Å². The number of anilines is 3. The molecule has 3 heteroatoms. The lowest BCUT2D eigenvalue weighted by molar-refractivity contribution is 1.18. The Kier molecular flexibility index (Phi) is 8.39. The molecule has 0 saturated heterocycles. The van der Waals surface area contributed by atoms with Gasteiger partial charge in [0, 0.05) is 53.6 Å². The summed E-state index contributed by atoms with van der Waals surface area (Å²) in [5.74, 6) is 0. The number of fused-ring (bicyclic) bond motifs is 7. The largest absolute Gasteiger partial charge is 0.310 e. The first-order valence-electron chi connectivity index (χ1n) is 20.8. The zero-order chi connectivity index (χ0) is 40.3. The molecule has 0 aliphatic rings. The summed E-state index contributed by atoms with van der Waals surface area (Å²) >= 11 is 1.86. The number of aromatic nitrogens is 1. The van der Waals surface area contributed by atoms with Crippen molar-refractivity contribution in [3.63, 3.8) is 0 Å². The average Bonchev–Trinajstić information content (AvgIpc) is 3.87. The third kappa shape index (κ3) is 6.01. The number of nitrogens with zero attached hydrogens (tertiary/aromatic N) is 2. The molecule has 0 amide bonds. The Morgan fingerprint density at radius 2 is 0.885 bits per heavy atom. The van der Waals surface area contributed by atoms with Crippen LogP contribution in [0.5, 0.6) is 0 Å². The second-order valence-electron chi connectivity index (χ2n) is 15.7. The van der Waals surface area contributed by atoms with Crippen LogP contribution in [0.3, 0.4) is 0 Å². The molecule has 0 fully saturated rings. The van der Waals surface area contributed by atoms with E-state index < -0.39 is 0 Å². The van der Waals surface area contributed by atoms with Crippen molar-refractivity contribution in [2.24, 2.45) is 0 Å². The highest BCUT2D eigenvalue weighted by Gasteiger charge is 2.19. The minimum Gasteiger partial charge on any atom is -0.310 e. The molecule has 0 N–H and O–H groups in total. The Morgan fingerprint density at radius 1 is 0.328 bits per heavy atom. The number of benzene rings is 10. The van der Waals surface area contributed by atoms with Crippen molar-refractivity contribution in [1.82, 2.24) is 4.57 Å². The lowest BCUT2D eigenvalue weighted by Crippen LogP contribution is -2.11. The quantitative estimate of drug-likeness (QED) is 0.156. The standard InChI is InChI=1S/C58H38N2S/c1-2-15-44(16-3-1)60-55-23-10-7-19-50(55)53-37-42(30-36-56(53)60)39-25-31-45(32-26-39)59(54-22-9-6-18-49(54)48-21-12-14-41-13-4-5-17-47(41)48)46-33-27-40(28-34-46)43-29-35-52-51-20-8-11-24-57(51)61-58(52)38-43/h1-38H. The second kappa shape index (κ2) is 14.5. The SMILES string of the molecule is c1ccc(-n2c3ccccc3c3cc(-c4ccc(N(c5ccc(-c6ccc7c(c6)sc6ccccc67)cc5)c5ccccc5-c5cccc6ccccc56)cc4)ccc32)cc1. The maximum absolute atomic E-state index is 2.41. The summed E-state index contributed by atoms with van der Waals surface area (Å²) in [7, 11) is 0. The maximum Gasteiger partial charge on any atom is 0.0541 e. The van der Waals surface area contributed by atoms with Gasteiger partial charge in [0.05, 0.1) is 16.7 Å². The van der Waals surface area contributed by atoms with Gasteiger partial charge in [-0.2, -0.15) is 0 Å². The molecule has 0 atom stereocenters. The molecule has 0 aliphatic carbocycles. The number of para-hydroxylation sites is 3. The van der Waals surface area contributed by atoms with Crippen LogP contribution in [0.2, 0.25) is 0 Å². The Morgan fingerprint density at radius 3 is 1.69 bits per heavy atom. The van der Waals surface area contributed by atoms with Crippen molar-refractivity contribution >= 4 is 81.1 Å². The lowest BCUT2D eigenvalue weighted by Gasteiger charge is -2.28. The molecule has 10 aromatic carbocycles. The molecule has 0 bridgehead atoms. The van der Waals surface area contributed by atoms with Gasteiger partial charge < -0.3 is 9.47 Å². The van der Waals surface area contributed by atoms with Gasteiger partial charge >= 0.3 is 0 Å². The minimum atomic E-state index is 1.10. The third-order valence-electron chi connectivity index (χ3n) is 12.2. The van der Waals surface area contributed by atoms with Crippen molar-refractivity contribution in [1.29, 1.82) is 0 Å². The van der Waals surface area contributed by atoms with Gasteiger partial charge in [-0.1, -0.05) is 158 Å². The van der Waals surface area contributed by atoms with E-state index in [4.69, 9.17) is 0 Å². The van der Waals surface area contributed by atoms with Crippen LogP contribution in [0.25, 0.3) is 91.8 Å². The van der Waals surface area contributed by atoms with Crippen LogP contribution in [0, 0.1) is 0 Å². The predicted octanol–water partition coefficient (Wildman–Crippen LogP) is 16.8. The van der Waals surface area contributed by atoms with E-state index in [2.05, 4.69) is 240 Å². The summed E-state index contributed by atoms with van der Waals surface area (Å²) < 4.78 is 5.01. The molecule has 2 nitrogen and oxygen atoms in total. The van der Waals surface area contributed by atoms with E-state index in [1.165, 1.54) is 91.8 Å². The van der Waals surface area contributed by atoms with Gasteiger partial charge in [0.25, 0.3) is 0 Å². The van der Waals surface area contributed by atoms with Crippen molar-refractivity contribution in [3.8, 4) is 39.1 Å². The first-order chi connectivity index (χ1) is 30.2. The zero-order valence-corrected chi connectivity index (χ0v) is 34.1. The van der Waals surface area contributed by atoms with Gasteiger partial charge in [-0.15, -0.1) is 11.3 Å². The molecular weight excluding hydrogens is 757 g/mol. The summed E-state index contributed by atoms with van der Waals surface area (Å²) in [4.78, 5) is 2.41. The smallest absolute Gasteiger partial charge is 0.0541 e.